The molecule has 0 N–H and O–H groups in total. The first kappa shape index (κ1) is 16.5. The van der Waals surface area contributed by atoms with Gasteiger partial charge in [-0.05, 0) is 26.7 Å². The quantitative estimate of drug-likeness (QED) is 0.722. The third-order valence-electron chi connectivity index (χ3n) is 2.74. The molecule has 1 aliphatic heterocycles. The van der Waals surface area contributed by atoms with E-state index < -0.39 is 12.0 Å². The summed E-state index contributed by atoms with van der Waals surface area (Å²) < 4.78 is 16.0. The molecule has 1 aliphatic rings. The predicted octanol–water partition coefficient (Wildman–Crippen LogP) is 1.83. The largest absolute Gasteiger partial charge is 0.480 e. The maximum atomic E-state index is 12.0. The molecule has 114 valence electrons. The highest BCUT2D eigenvalue weighted by Gasteiger charge is 2.36. The minimum Gasteiger partial charge on any atom is -0.480 e. The van der Waals surface area contributed by atoms with E-state index in [9.17, 15) is 4.79 Å². The SMILES string of the molecule is CCOC(=O)C1N=C(OCC)[C@@H](C(C)C)N=C1OCC. The molecule has 0 aromatic rings. The van der Waals surface area contributed by atoms with Crippen LogP contribution in [-0.2, 0) is 19.0 Å². The van der Waals surface area contributed by atoms with Crippen LogP contribution in [0.4, 0.5) is 0 Å². The van der Waals surface area contributed by atoms with Gasteiger partial charge in [0.25, 0.3) is 0 Å². The smallest absolute Gasteiger partial charge is 0.340 e. The molecule has 2 atom stereocenters. The average Bonchev–Trinajstić information content (AvgIpc) is 2.40. The van der Waals surface area contributed by atoms with E-state index in [1.165, 1.54) is 0 Å². The summed E-state index contributed by atoms with van der Waals surface area (Å²) in [4.78, 5) is 20.8. The first-order valence-electron chi connectivity index (χ1n) is 7.12. The van der Waals surface area contributed by atoms with Crippen molar-refractivity contribution >= 4 is 17.8 Å². The highest BCUT2D eigenvalue weighted by molar-refractivity contribution is 6.07. The minimum absolute atomic E-state index is 0.207. The molecule has 1 heterocycles. The lowest BCUT2D eigenvalue weighted by molar-refractivity contribution is -0.143. The molecule has 6 heteroatoms. The van der Waals surface area contributed by atoms with Gasteiger partial charge < -0.3 is 14.2 Å². The molecule has 0 spiro atoms. The topological polar surface area (TPSA) is 69.5 Å². The third-order valence-corrected chi connectivity index (χ3v) is 2.74. The van der Waals surface area contributed by atoms with Gasteiger partial charge >= 0.3 is 5.97 Å². The number of hydrogen-bond donors (Lipinski definition) is 0. The molecule has 1 unspecified atom stereocenters. The highest BCUT2D eigenvalue weighted by atomic mass is 16.5. The molecule has 0 fully saturated rings. The van der Waals surface area contributed by atoms with Crippen LogP contribution < -0.4 is 0 Å². The molecule has 1 rings (SSSR count). The minimum atomic E-state index is -0.855. The fraction of sp³-hybridized carbons (Fsp3) is 0.786. The van der Waals surface area contributed by atoms with Crippen LogP contribution in [0.5, 0.6) is 0 Å². The van der Waals surface area contributed by atoms with E-state index in [-0.39, 0.29) is 12.0 Å². The Morgan fingerprint density at radius 2 is 1.65 bits per heavy atom. The van der Waals surface area contributed by atoms with Crippen molar-refractivity contribution in [2.75, 3.05) is 19.8 Å². The van der Waals surface area contributed by atoms with Crippen LogP contribution in [0.15, 0.2) is 9.98 Å². The van der Waals surface area contributed by atoms with Crippen LogP contribution in [0.1, 0.15) is 34.6 Å². The Balaban J connectivity index is 3.05. The van der Waals surface area contributed by atoms with Gasteiger partial charge in [0, 0.05) is 0 Å². The molecule has 0 saturated carbocycles. The molecule has 0 radical (unpaired) electrons. The molecule has 20 heavy (non-hydrogen) atoms. The first-order valence-corrected chi connectivity index (χ1v) is 7.12. The Bertz CT molecular complexity index is 391. The maximum absolute atomic E-state index is 12.0. The lowest BCUT2D eigenvalue weighted by Gasteiger charge is -2.27. The van der Waals surface area contributed by atoms with Gasteiger partial charge in [-0.1, -0.05) is 13.8 Å². The third kappa shape index (κ3) is 3.95. The van der Waals surface area contributed by atoms with Crippen molar-refractivity contribution in [1.29, 1.82) is 0 Å². The number of aliphatic imine (C=N–C) groups is 2. The van der Waals surface area contributed by atoms with Gasteiger partial charge in [-0.3, -0.25) is 0 Å². The van der Waals surface area contributed by atoms with Gasteiger partial charge in [-0.25, -0.2) is 14.8 Å². The highest BCUT2D eigenvalue weighted by Crippen LogP contribution is 2.18. The Hall–Kier alpha value is -1.59. The maximum Gasteiger partial charge on any atom is 0.340 e. The van der Waals surface area contributed by atoms with Crippen molar-refractivity contribution in [2.24, 2.45) is 15.9 Å². The molecule has 0 amide bonds. The average molecular weight is 284 g/mol. The number of rotatable bonds is 5. The summed E-state index contributed by atoms with van der Waals surface area (Å²) in [6, 6.07) is -1.08. The van der Waals surface area contributed by atoms with Crippen molar-refractivity contribution in [3.8, 4) is 0 Å². The van der Waals surface area contributed by atoms with Crippen LogP contribution in [0.2, 0.25) is 0 Å². The summed E-state index contributed by atoms with van der Waals surface area (Å²) >= 11 is 0. The molecular formula is C14H24N2O4. The van der Waals surface area contributed by atoms with Gasteiger partial charge in [0.05, 0.1) is 19.8 Å². The lowest BCUT2D eigenvalue weighted by Crippen LogP contribution is -2.42. The molecule has 0 aromatic heterocycles. The fourth-order valence-corrected chi connectivity index (χ4v) is 1.87. The van der Waals surface area contributed by atoms with Gasteiger partial charge in [-0.2, -0.15) is 0 Å². The molecule has 0 saturated heterocycles. The summed E-state index contributed by atoms with van der Waals surface area (Å²) in [7, 11) is 0. The van der Waals surface area contributed by atoms with Crippen molar-refractivity contribution in [3.63, 3.8) is 0 Å². The Morgan fingerprint density at radius 1 is 1.05 bits per heavy atom. The summed E-state index contributed by atoms with van der Waals surface area (Å²) in [5.74, 6) is 0.537. The molecule has 0 aromatic carbocycles. The Kier molecular flexibility index (Phi) is 6.48. The molecule has 6 nitrogen and oxygen atoms in total. The Morgan fingerprint density at radius 3 is 2.15 bits per heavy atom. The van der Waals surface area contributed by atoms with Gasteiger partial charge in [-0.15, -0.1) is 0 Å². The monoisotopic (exact) mass is 284 g/mol. The van der Waals surface area contributed by atoms with E-state index in [1.54, 1.807) is 6.92 Å². The van der Waals surface area contributed by atoms with Crippen molar-refractivity contribution in [2.45, 2.75) is 46.7 Å². The number of hydrogen-bond acceptors (Lipinski definition) is 6. The summed E-state index contributed by atoms with van der Waals surface area (Å²) in [5.41, 5.74) is 0. The normalized spacial score (nSPS) is 22.1. The zero-order valence-electron chi connectivity index (χ0n) is 12.9. The summed E-state index contributed by atoms with van der Waals surface area (Å²) in [5, 5.41) is 0. The number of carbonyl (C=O) groups is 1. The van der Waals surface area contributed by atoms with E-state index in [1.807, 2.05) is 27.7 Å². The fourth-order valence-electron chi connectivity index (χ4n) is 1.87. The lowest BCUT2D eigenvalue weighted by atomic mass is 10.0. The molecule has 0 bridgehead atoms. The van der Waals surface area contributed by atoms with E-state index in [0.717, 1.165) is 0 Å². The Labute approximate surface area is 120 Å². The van der Waals surface area contributed by atoms with Crippen LogP contribution >= 0.6 is 0 Å². The predicted molar refractivity (Wildman–Crippen MR) is 77.2 cm³/mol. The summed E-state index contributed by atoms with van der Waals surface area (Å²) in [6.07, 6.45) is 0. The molecular weight excluding hydrogens is 260 g/mol. The van der Waals surface area contributed by atoms with E-state index in [2.05, 4.69) is 9.98 Å². The van der Waals surface area contributed by atoms with Crippen molar-refractivity contribution < 1.29 is 19.0 Å². The van der Waals surface area contributed by atoms with Crippen LogP contribution in [0.25, 0.3) is 0 Å². The zero-order valence-corrected chi connectivity index (χ0v) is 12.9. The van der Waals surface area contributed by atoms with Crippen LogP contribution in [0.3, 0.4) is 0 Å². The van der Waals surface area contributed by atoms with Crippen LogP contribution in [0, 0.1) is 5.92 Å². The second-order valence-corrected chi connectivity index (χ2v) is 4.64. The van der Waals surface area contributed by atoms with Crippen molar-refractivity contribution in [1.82, 2.24) is 0 Å². The van der Waals surface area contributed by atoms with Crippen LogP contribution in [-0.4, -0.2) is 49.7 Å². The number of carbonyl (C=O) groups excluding carboxylic acids is 1. The standard InChI is InChI=1S/C14H24N2O4/c1-6-18-12-10(9(4)5)15-13(19-7-2)11(16-12)14(17)20-8-3/h9-11H,6-8H2,1-5H3/t10-,11?/m1/s1. The van der Waals surface area contributed by atoms with Crippen molar-refractivity contribution in [3.05, 3.63) is 0 Å². The second-order valence-electron chi connectivity index (χ2n) is 4.64. The van der Waals surface area contributed by atoms with E-state index >= 15 is 0 Å². The van der Waals surface area contributed by atoms with E-state index in [4.69, 9.17) is 14.2 Å². The number of esters is 1. The van der Waals surface area contributed by atoms with Gasteiger partial charge in [0.1, 0.15) is 6.04 Å². The van der Waals surface area contributed by atoms with Gasteiger partial charge in [0.2, 0.25) is 17.8 Å². The van der Waals surface area contributed by atoms with E-state index in [0.29, 0.717) is 31.6 Å². The summed E-state index contributed by atoms with van der Waals surface area (Å²) in [6.45, 7) is 10.7. The number of ether oxygens (including phenoxy) is 3. The number of nitrogens with zero attached hydrogens (tertiary/aromatic N) is 2. The second kappa shape index (κ2) is 7.87. The van der Waals surface area contributed by atoms with Gasteiger partial charge in [0.15, 0.2) is 0 Å². The zero-order chi connectivity index (χ0) is 15.1. The molecule has 0 aliphatic carbocycles. The first-order chi connectivity index (χ1) is 9.54.